The minimum atomic E-state index is -2.65. The third-order valence-electron chi connectivity index (χ3n) is 6.11. The summed E-state index contributed by atoms with van der Waals surface area (Å²) in [6.07, 6.45) is 4.99. The molecule has 1 aromatic carbocycles. The number of allylic oxidation sites excluding steroid dienone is 1. The SMILES string of the molecule is C=N/C=C(\C=C(/C)c1ccc2[nH]nc(C(=O)Nc3ccc(CN(C)C)nc3)c2c1)CN1CCC(F)(F)C1. The van der Waals surface area contributed by atoms with Crippen molar-refractivity contribution in [1.82, 2.24) is 25.0 Å². The Bertz CT molecular complexity index is 1340. The van der Waals surface area contributed by atoms with Gasteiger partial charge in [-0.3, -0.25) is 24.8 Å². The third kappa shape index (κ3) is 6.72. The highest BCUT2D eigenvalue weighted by molar-refractivity contribution is 6.11. The van der Waals surface area contributed by atoms with Crippen LogP contribution in [-0.4, -0.2) is 77.3 Å². The van der Waals surface area contributed by atoms with Crippen molar-refractivity contribution in [2.24, 2.45) is 4.99 Å². The molecule has 194 valence electrons. The Morgan fingerprint density at radius 3 is 2.78 bits per heavy atom. The number of carbonyl (C=O) groups is 1. The minimum Gasteiger partial charge on any atom is -0.319 e. The van der Waals surface area contributed by atoms with Crippen LogP contribution in [0.2, 0.25) is 0 Å². The number of hydrogen-bond donors (Lipinski definition) is 2. The molecule has 0 aliphatic carbocycles. The van der Waals surface area contributed by atoms with E-state index < -0.39 is 5.92 Å². The predicted molar refractivity (Wildman–Crippen MR) is 143 cm³/mol. The van der Waals surface area contributed by atoms with Crippen LogP contribution in [0.15, 0.2) is 59.4 Å². The number of H-pyrrole nitrogens is 1. The van der Waals surface area contributed by atoms with Crippen LogP contribution in [0.3, 0.4) is 0 Å². The average Bonchev–Trinajstić information content (AvgIpc) is 3.42. The van der Waals surface area contributed by atoms with E-state index in [0.29, 0.717) is 30.7 Å². The Hall–Kier alpha value is -3.76. The molecule has 1 saturated heterocycles. The maximum atomic E-state index is 13.6. The molecule has 2 aromatic heterocycles. The van der Waals surface area contributed by atoms with Crippen molar-refractivity contribution in [3.05, 3.63) is 71.3 Å². The molecule has 0 atom stereocenters. The van der Waals surface area contributed by atoms with Crippen molar-refractivity contribution in [1.29, 1.82) is 0 Å². The van der Waals surface area contributed by atoms with Gasteiger partial charge in [-0.1, -0.05) is 12.1 Å². The number of anilines is 1. The molecule has 10 heteroatoms. The number of amides is 1. The number of pyridine rings is 1. The van der Waals surface area contributed by atoms with Gasteiger partial charge < -0.3 is 10.2 Å². The van der Waals surface area contributed by atoms with Crippen molar-refractivity contribution < 1.29 is 13.6 Å². The first-order valence-electron chi connectivity index (χ1n) is 12.0. The molecule has 1 amide bonds. The lowest BCUT2D eigenvalue weighted by atomic mass is 10.0. The van der Waals surface area contributed by atoms with Crippen molar-refractivity contribution in [3.63, 3.8) is 0 Å². The summed E-state index contributed by atoms with van der Waals surface area (Å²) in [5.74, 6) is -3.00. The first-order chi connectivity index (χ1) is 17.6. The van der Waals surface area contributed by atoms with Crippen molar-refractivity contribution in [2.45, 2.75) is 25.8 Å². The predicted octanol–water partition coefficient (Wildman–Crippen LogP) is 4.60. The number of fused-ring (bicyclic) bond motifs is 1. The quantitative estimate of drug-likeness (QED) is 0.326. The number of nitrogens with zero attached hydrogens (tertiary/aromatic N) is 5. The van der Waals surface area contributed by atoms with E-state index in [0.717, 1.165) is 27.9 Å². The molecule has 8 nitrogen and oxygen atoms in total. The van der Waals surface area contributed by atoms with Gasteiger partial charge in [-0.05, 0) is 68.7 Å². The number of nitrogens with one attached hydrogen (secondary N) is 2. The van der Waals surface area contributed by atoms with Gasteiger partial charge in [0, 0.05) is 37.6 Å². The maximum Gasteiger partial charge on any atom is 0.276 e. The summed E-state index contributed by atoms with van der Waals surface area (Å²) in [5, 5.41) is 10.7. The van der Waals surface area contributed by atoms with Gasteiger partial charge in [0.05, 0.1) is 29.6 Å². The Labute approximate surface area is 214 Å². The summed E-state index contributed by atoms with van der Waals surface area (Å²) in [5.41, 5.74) is 5.03. The largest absolute Gasteiger partial charge is 0.319 e. The number of likely N-dealkylation sites (tertiary alicyclic amines) is 1. The van der Waals surface area contributed by atoms with Crippen LogP contribution < -0.4 is 5.32 Å². The Morgan fingerprint density at radius 2 is 2.14 bits per heavy atom. The average molecular weight is 508 g/mol. The van der Waals surface area contributed by atoms with Gasteiger partial charge in [0.2, 0.25) is 0 Å². The summed E-state index contributed by atoms with van der Waals surface area (Å²) in [4.78, 5) is 25.0. The molecule has 0 saturated carbocycles. The molecule has 0 radical (unpaired) electrons. The van der Waals surface area contributed by atoms with Gasteiger partial charge in [0.15, 0.2) is 5.69 Å². The topological polar surface area (TPSA) is 89.5 Å². The second-order valence-corrected chi connectivity index (χ2v) is 9.59. The highest BCUT2D eigenvalue weighted by atomic mass is 19.3. The van der Waals surface area contributed by atoms with E-state index in [2.05, 4.69) is 32.2 Å². The molecule has 4 rings (SSSR count). The lowest BCUT2D eigenvalue weighted by Crippen LogP contribution is -2.26. The van der Waals surface area contributed by atoms with E-state index in [-0.39, 0.29) is 24.6 Å². The number of hydrogen-bond acceptors (Lipinski definition) is 6. The lowest BCUT2D eigenvalue weighted by Gasteiger charge is -2.16. The minimum absolute atomic E-state index is 0.136. The molecule has 0 spiro atoms. The molecule has 3 aromatic rings. The molecular weight excluding hydrogens is 476 g/mol. The van der Waals surface area contributed by atoms with Crippen molar-refractivity contribution >= 4 is 34.8 Å². The molecule has 0 unspecified atom stereocenters. The lowest BCUT2D eigenvalue weighted by molar-refractivity contribution is 0.0131. The van der Waals surface area contributed by atoms with Gasteiger partial charge >= 0.3 is 0 Å². The number of carbonyl (C=O) groups excluding carboxylic acids is 1. The van der Waals surface area contributed by atoms with Crippen LogP contribution in [0.1, 0.15) is 35.1 Å². The highest BCUT2D eigenvalue weighted by Gasteiger charge is 2.38. The fourth-order valence-corrected chi connectivity index (χ4v) is 4.34. The summed E-state index contributed by atoms with van der Waals surface area (Å²) < 4.78 is 27.2. The summed E-state index contributed by atoms with van der Waals surface area (Å²) in [7, 11) is 3.93. The van der Waals surface area contributed by atoms with Crippen LogP contribution >= 0.6 is 0 Å². The van der Waals surface area contributed by atoms with Gasteiger partial charge in [-0.2, -0.15) is 5.10 Å². The standard InChI is InChI=1S/C27H31F2N7O/c1-18(11-19(13-30-2)15-36-10-9-27(28,29)17-36)20-5-8-24-23(12-20)25(34-33-24)26(37)32-21-6-7-22(31-14-21)16-35(3)4/h5-8,11-14H,2,9-10,15-17H2,1,3-4H3,(H,32,37)(H,33,34)/b18-11+,19-13+. The first kappa shape index (κ1) is 26.3. The molecule has 1 aliphatic rings. The van der Waals surface area contributed by atoms with Gasteiger partial charge in [0.25, 0.3) is 11.8 Å². The molecule has 37 heavy (non-hydrogen) atoms. The number of benzene rings is 1. The molecule has 0 bridgehead atoms. The second kappa shape index (κ2) is 11.1. The zero-order chi connectivity index (χ0) is 26.6. The first-order valence-corrected chi connectivity index (χ1v) is 12.0. The van der Waals surface area contributed by atoms with Crippen molar-refractivity contribution in [3.8, 4) is 0 Å². The number of aliphatic imine (C=N–C) groups is 1. The van der Waals surface area contributed by atoms with E-state index in [1.807, 2.05) is 62.3 Å². The van der Waals surface area contributed by atoms with Gasteiger partial charge in [-0.15, -0.1) is 0 Å². The zero-order valence-corrected chi connectivity index (χ0v) is 21.3. The van der Waals surface area contributed by atoms with Crippen LogP contribution in [0.25, 0.3) is 16.5 Å². The number of rotatable bonds is 9. The van der Waals surface area contributed by atoms with E-state index in [1.54, 1.807) is 17.3 Å². The van der Waals surface area contributed by atoms with Crippen LogP contribution in [0, 0.1) is 0 Å². The van der Waals surface area contributed by atoms with E-state index in [1.165, 1.54) is 0 Å². The maximum absolute atomic E-state index is 13.6. The molecule has 2 N–H and O–H groups in total. The van der Waals surface area contributed by atoms with Crippen LogP contribution in [0.4, 0.5) is 14.5 Å². The fraction of sp³-hybridized carbons (Fsp3) is 0.333. The molecular formula is C27H31F2N7O. The number of halogens is 2. The number of alkyl halides is 2. The zero-order valence-electron chi connectivity index (χ0n) is 21.3. The van der Waals surface area contributed by atoms with Crippen LogP contribution in [-0.2, 0) is 6.54 Å². The fourth-order valence-electron chi connectivity index (χ4n) is 4.34. The van der Waals surface area contributed by atoms with Gasteiger partial charge in [-0.25, -0.2) is 8.78 Å². The van der Waals surface area contributed by atoms with Gasteiger partial charge in [0.1, 0.15) is 0 Å². The molecule has 1 aliphatic heterocycles. The monoisotopic (exact) mass is 507 g/mol. The molecule has 1 fully saturated rings. The number of aromatic nitrogens is 3. The third-order valence-corrected chi connectivity index (χ3v) is 6.11. The van der Waals surface area contributed by atoms with E-state index in [9.17, 15) is 13.6 Å². The Balaban J connectivity index is 1.52. The summed E-state index contributed by atoms with van der Waals surface area (Å²) >= 11 is 0. The summed E-state index contributed by atoms with van der Waals surface area (Å²) in [6, 6.07) is 9.36. The Kier molecular flexibility index (Phi) is 7.89. The van der Waals surface area contributed by atoms with E-state index >= 15 is 0 Å². The normalized spacial score (nSPS) is 16.5. The number of aromatic amines is 1. The molecule has 3 heterocycles. The highest BCUT2D eigenvalue weighted by Crippen LogP contribution is 2.28. The smallest absolute Gasteiger partial charge is 0.276 e. The van der Waals surface area contributed by atoms with Crippen molar-refractivity contribution in [2.75, 3.05) is 39.0 Å². The van der Waals surface area contributed by atoms with Crippen LogP contribution in [0.5, 0.6) is 0 Å². The van der Waals surface area contributed by atoms with E-state index in [4.69, 9.17) is 0 Å². The summed E-state index contributed by atoms with van der Waals surface area (Å²) in [6.45, 7) is 6.58. The Morgan fingerprint density at radius 1 is 1.32 bits per heavy atom. The second-order valence-electron chi connectivity index (χ2n) is 9.59.